The molecule has 0 atom stereocenters. The average Bonchev–Trinajstić information content (AvgIpc) is 3.11. The number of aryl methyl sites for hydroxylation is 2. The number of ketones is 1. The Bertz CT molecular complexity index is 902. The van der Waals surface area contributed by atoms with Crippen LogP contribution in [0.15, 0.2) is 48.7 Å². The van der Waals surface area contributed by atoms with Gasteiger partial charge in [0.2, 0.25) is 0 Å². The Morgan fingerprint density at radius 2 is 1.96 bits per heavy atom. The number of nitrogens with zero attached hydrogens (tertiary/aromatic N) is 3. The van der Waals surface area contributed by atoms with E-state index in [0.29, 0.717) is 30.2 Å². The minimum absolute atomic E-state index is 0.134. The first-order chi connectivity index (χ1) is 12.5. The van der Waals surface area contributed by atoms with Crippen LogP contribution in [0.5, 0.6) is 0 Å². The van der Waals surface area contributed by atoms with Crippen molar-refractivity contribution in [2.24, 2.45) is 0 Å². The van der Waals surface area contributed by atoms with Gasteiger partial charge in [-0.25, -0.2) is 14.1 Å². The monoisotopic (exact) mass is 352 g/mol. The summed E-state index contributed by atoms with van der Waals surface area (Å²) >= 11 is 0. The molecule has 0 fully saturated rings. The summed E-state index contributed by atoms with van der Waals surface area (Å²) in [7, 11) is 0. The van der Waals surface area contributed by atoms with Crippen molar-refractivity contribution < 1.29 is 9.18 Å². The van der Waals surface area contributed by atoms with Crippen LogP contribution in [0.3, 0.4) is 0 Å². The normalized spacial score (nSPS) is 10.7. The number of hydrogen-bond donors (Lipinski definition) is 1. The van der Waals surface area contributed by atoms with Crippen molar-refractivity contribution in [1.82, 2.24) is 14.8 Å². The van der Waals surface area contributed by atoms with E-state index >= 15 is 0 Å². The molecule has 0 aliphatic carbocycles. The summed E-state index contributed by atoms with van der Waals surface area (Å²) in [5.74, 6) is 1.37. The van der Waals surface area contributed by atoms with Crippen molar-refractivity contribution >= 4 is 17.3 Å². The van der Waals surface area contributed by atoms with E-state index in [-0.39, 0.29) is 5.78 Å². The second kappa shape index (κ2) is 7.91. The molecule has 3 rings (SSSR count). The molecule has 0 saturated carbocycles. The predicted molar refractivity (Wildman–Crippen MR) is 99.6 cm³/mol. The van der Waals surface area contributed by atoms with Gasteiger partial charge in [0.05, 0.1) is 5.69 Å². The molecule has 2 aromatic heterocycles. The van der Waals surface area contributed by atoms with Crippen molar-refractivity contribution in [1.29, 1.82) is 0 Å². The maximum absolute atomic E-state index is 12.8. The Kier molecular flexibility index (Phi) is 5.41. The molecular formula is C20H21FN4O. The number of carbonyl (C=O) groups excluding carboxylic acids is 1. The zero-order chi connectivity index (χ0) is 18.5. The molecule has 5 nitrogen and oxygen atoms in total. The highest BCUT2D eigenvalue weighted by Crippen LogP contribution is 2.20. The van der Waals surface area contributed by atoms with Crippen molar-refractivity contribution in [3.63, 3.8) is 0 Å². The first kappa shape index (κ1) is 17.8. The summed E-state index contributed by atoms with van der Waals surface area (Å²) < 4.78 is 14.3. The number of benzene rings is 1. The molecule has 0 saturated heterocycles. The first-order valence-corrected chi connectivity index (χ1v) is 8.48. The Morgan fingerprint density at radius 3 is 2.62 bits per heavy atom. The lowest BCUT2D eigenvalue weighted by atomic mass is 10.1. The molecule has 0 amide bonds. The van der Waals surface area contributed by atoms with Gasteiger partial charge < -0.3 is 10.1 Å². The molecule has 6 heteroatoms. The molecule has 0 bridgehead atoms. The van der Waals surface area contributed by atoms with Crippen molar-refractivity contribution in [2.45, 2.75) is 33.4 Å². The molecule has 0 unspecified atom stereocenters. The lowest BCUT2D eigenvalue weighted by Crippen LogP contribution is -2.05. The average molecular weight is 352 g/mol. The van der Waals surface area contributed by atoms with E-state index in [9.17, 15) is 9.18 Å². The third kappa shape index (κ3) is 4.53. The minimum atomic E-state index is -0.620. The predicted octanol–water partition coefficient (Wildman–Crippen LogP) is 4.31. The molecule has 26 heavy (non-hydrogen) atoms. The number of hydrogen-bond acceptors (Lipinski definition) is 4. The smallest absolute Gasteiger partial charge is 0.155 e. The molecule has 3 aromatic rings. The molecule has 1 N–H and O–H groups in total. The third-order valence-corrected chi connectivity index (χ3v) is 3.98. The number of anilines is 2. The third-order valence-electron chi connectivity index (χ3n) is 3.98. The Balaban J connectivity index is 1.93. The molecular weight excluding hydrogens is 331 g/mol. The van der Waals surface area contributed by atoms with E-state index in [4.69, 9.17) is 0 Å². The number of rotatable bonds is 7. The van der Waals surface area contributed by atoms with E-state index in [1.54, 1.807) is 23.9 Å². The molecule has 0 aliphatic rings. The van der Waals surface area contributed by atoms with Crippen LogP contribution in [0, 0.1) is 6.92 Å². The van der Waals surface area contributed by atoms with Gasteiger partial charge in [-0.1, -0.05) is 17.7 Å². The van der Waals surface area contributed by atoms with Crippen LogP contribution in [-0.2, 0) is 17.9 Å². The molecule has 0 spiro atoms. The van der Waals surface area contributed by atoms with E-state index in [0.717, 1.165) is 11.3 Å². The van der Waals surface area contributed by atoms with E-state index in [1.165, 1.54) is 5.56 Å². The number of nitrogens with one attached hydrogen (secondary N) is 1. The fraction of sp³-hybridized carbons (Fsp3) is 0.250. The maximum Gasteiger partial charge on any atom is 0.155 e. The van der Waals surface area contributed by atoms with Gasteiger partial charge in [0.25, 0.3) is 0 Å². The fourth-order valence-electron chi connectivity index (χ4n) is 2.56. The summed E-state index contributed by atoms with van der Waals surface area (Å²) in [6, 6.07) is 13.4. The van der Waals surface area contributed by atoms with Crippen LogP contribution < -0.4 is 5.32 Å². The second-order valence-electron chi connectivity index (χ2n) is 6.30. The van der Waals surface area contributed by atoms with Crippen LogP contribution in [-0.4, -0.2) is 20.5 Å². The van der Waals surface area contributed by atoms with Gasteiger partial charge in [0.1, 0.15) is 18.3 Å². The molecule has 1 aromatic carbocycles. The van der Waals surface area contributed by atoms with Gasteiger partial charge in [-0.05, 0) is 56.2 Å². The van der Waals surface area contributed by atoms with Crippen LogP contribution >= 0.6 is 0 Å². The number of aromatic nitrogens is 3. The van der Waals surface area contributed by atoms with Gasteiger partial charge in [-0.3, -0.25) is 0 Å². The summed E-state index contributed by atoms with van der Waals surface area (Å²) in [5, 5.41) is 7.46. The van der Waals surface area contributed by atoms with Gasteiger partial charge in [-0.15, -0.1) is 0 Å². The van der Waals surface area contributed by atoms with E-state index < -0.39 is 6.67 Å². The fourth-order valence-corrected chi connectivity index (χ4v) is 2.56. The number of pyridine rings is 1. The zero-order valence-electron chi connectivity index (χ0n) is 14.9. The highest BCUT2D eigenvalue weighted by molar-refractivity contribution is 5.75. The Hall–Kier alpha value is -3.02. The van der Waals surface area contributed by atoms with Gasteiger partial charge in [0, 0.05) is 18.3 Å². The number of alkyl halides is 1. The first-order valence-electron chi connectivity index (χ1n) is 8.48. The number of Topliss-reactive ketones (excluding diaryl/α,β-unsaturated/α-hetero) is 1. The minimum Gasteiger partial charge on any atom is -0.340 e. The second-order valence-corrected chi connectivity index (χ2v) is 6.30. The van der Waals surface area contributed by atoms with Crippen LogP contribution in [0.1, 0.15) is 30.2 Å². The van der Waals surface area contributed by atoms with Crippen LogP contribution in [0.25, 0.3) is 5.82 Å². The number of carbonyl (C=O) groups is 1. The van der Waals surface area contributed by atoms with E-state index in [2.05, 4.69) is 15.4 Å². The summed E-state index contributed by atoms with van der Waals surface area (Å²) in [6.07, 6.45) is 2.76. The SMILES string of the molecule is CC(=O)CCc1cc(Nc2ccc(C)cc2)nc(-n2ccc(CF)n2)c1. The summed E-state index contributed by atoms with van der Waals surface area (Å²) in [6.45, 7) is 2.99. The Labute approximate surface area is 151 Å². The van der Waals surface area contributed by atoms with Crippen molar-refractivity contribution in [2.75, 3.05) is 5.32 Å². The lowest BCUT2D eigenvalue weighted by Gasteiger charge is -2.11. The highest BCUT2D eigenvalue weighted by Gasteiger charge is 2.08. The summed E-state index contributed by atoms with van der Waals surface area (Å²) in [4.78, 5) is 15.9. The van der Waals surface area contributed by atoms with Gasteiger partial charge >= 0.3 is 0 Å². The largest absolute Gasteiger partial charge is 0.340 e. The van der Waals surface area contributed by atoms with Gasteiger partial charge in [0.15, 0.2) is 5.82 Å². The molecule has 0 radical (unpaired) electrons. The standard InChI is InChI=1S/C20H21FN4O/c1-14-3-7-17(8-4-14)22-19-11-16(6-5-15(2)26)12-20(23-19)25-10-9-18(13-21)24-25/h3-4,7-12H,5-6,13H2,1-2H3,(H,22,23). The molecule has 0 aliphatic heterocycles. The van der Waals surface area contributed by atoms with Crippen molar-refractivity contribution in [3.05, 3.63) is 65.5 Å². The highest BCUT2D eigenvalue weighted by atomic mass is 19.1. The van der Waals surface area contributed by atoms with Crippen molar-refractivity contribution in [3.8, 4) is 5.82 Å². The van der Waals surface area contributed by atoms with Crippen LogP contribution in [0.4, 0.5) is 15.9 Å². The lowest BCUT2D eigenvalue weighted by molar-refractivity contribution is -0.116. The van der Waals surface area contributed by atoms with E-state index in [1.807, 2.05) is 43.3 Å². The van der Waals surface area contributed by atoms with Crippen LogP contribution in [0.2, 0.25) is 0 Å². The molecule has 134 valence electrons. The quantitative estimate of drug-likeness (QED) is 0.688. The van der Waals surface area contributed by atoms with Gasteiger partial charge in [-0.2, -0.15) is 5.10 Å². The summed E-state index contributed by atoms with van der Waals surface area (Å²) in [5.41, 5.74) is 3.42. The Morgan fingerprint density at radius 1 is 1.19 bits per heavy atom. The maximum atomic E-state index is 12.8. The topological polar surface area (TPSA) is 59.8 Å². The molecule has 2 heterocycles. The number of halogens is 1. The zero-order valence-corrected chi connectivity index (χ0v) is 14.9.